The molecule has 62 heavy (non-hydrogen) atoms. The Labute approximate surface area is 360 Å². The number of benzene rings is 2. The topological polar surface area (TPSA) is 206 Å². The molecule has 17 heteroatoms. The van der Waals surface area contributed by atoms with Crippen molar-refractivity contribution in [1.29, 1.82) is 5.26 Å². The normalized spacial score (nSPS) is 16.0. The molecule has 0 radical (unpaired) electrons. The number of rotatable bonds is 15. The lowest BCUT2D eigenvalue weighted by atomic mass is 9.85. The van der Waals surface area contributed by atoms with E-state index in [0.717, 1.165) is 5.56 Å². The number of aliphatic hydroxyl groups excluding tert-OH is 1. The lowest BCUT2D eigenvalue weighted by Crippen LogP contribution is -2.54. The van der Waals surface area contributed by atoms with E-state index in [2.05, 4.69) is 41.9 Å². The molecule has 2 aromatic heterocycles. The van der Waals surface area contributed by atoms with Gasteiger partial charge in [-0.2, -0.15) is 5.26 Å². The van der Waals surface area contributed by atoms with E-state index >= 15 is 0 Å². The number of pyridine rings is 1. The van der Waals surface area contributed by atoms with Crippen LogP contribution in [-0.2, 0) is 14.4 Å². The van der Waals surface area contributed by atoms with Crippen molar-refractivity contribution in [2.24, 2.45) is 5.41 Å². The molecule has 4 heterocycles. The molecule has 16 nitrogen and oxygen atoms in total. The molecule has 2 aliphatic rings. The van der Waals surface area contributed by atoms with Crippen LogP contribution >= 0.6 is 0 Å². The molecular formula is C45H53FN10O6. The molecule has 4 N–H and O–H groups in total. The Balaban J connectivity index is 1.04. The van der Waals surface area contributed by atoms with Crippen LogP contribution in [0.4, 0.5) is 15.8 Å². The highest BCUT2D eigenvalue weighted by atomic mass is 19.1. The van der Waals surface area contributed by atoms with Crippen LogP contribution in [0.2, 0.25) is 0 Å². The number of β-amino-alcohol motifs (C(OH)–C–C–N with tert-alkyl or cyclic N) is 1. The summed E-state index contributed by atoms with van der Waals surface area (Å²) < 4.78 is 20.2. The summed E-state index contributed by atoms with van der Waals surface area (Å²) >= 11 is 0. The zero-order valence-corrected chi connectivity index (χ0v) is 35.5. The Morgan fingerprint density at radius 3 is 2.52 bits per heavy atom. The number of halogens is 1. The predicted octanol–water partition coefficient (Wildman–Crippen LogP) is 4.01. The van der Waals surface area contributed by atoms with Gasteiger partial charge in [-0.15, -0.1) is 0 Å². The van der Waals surface area contributed by atoms with E-state index in [1.807, 2.05) is 31.7 Å². The summed E-state index contributed by atoms with van der Waals surface area (Å²) in [4.78, 5) is 71.2. The number of methoxy groups -OCH3 is 1. The molecule has 0 aliphatic carbocycles. The van der Waals surface area contributed by atoms with Crippen LogP contribution in [0.1, 0.15) is 62.5 Å². The molecule has 0 saturated carbocycles. The molecule has 2 atom stereocenters. The van der Waals surface area contributed by atoms with Gasteiger partial charge in [-0.25, -0.2) is 14.4 Å². The van der Waals surface area contributed by atoms with Gasteiger partial charge in [0, 0.05) is 76.4 Å². The van der Waals surface area contributed by atoms with Crippen LogP contribution in [-0.4, -0.2) is 125 Å². The number of piperazine rings is 1. The maximum absolute atomic E-state index is 14.9. The van der Waals surface area contributed by atoms with Crippen molar-refractivity contribution >= 4 is 35.0 Å². The number of hydrogen-bond donors (Lipinski definition) is 4. The summed E-state index contributed by atoms with van der Waals surface area (Å²) in [6, 6.07) is 14.4. The third kappa shape index (κ3) is 11.2. The average molecular weight is 849 g/mol. The van der Waals surface area contributed by atoms with Gasteiger partial charge in [0.25, 0.3) is 5.91 Å². The summed E-state index contributed by atoms with van der Waals surface area (Å²) in [5.74, 6) is -1.48. The zero-order valence-electron chi connectivity index (χ0n) is 35.5. The number of hydrogen-bond acceptors (Lipinski definition) is 12. The lowest BCUT2D eigenvalue weighted by molar-refractivity contribution is -0.138. The minimum atomic E-state index is -0.705. The quantitative estimate of drug-likeness (QED) is 0.125. The van der Waals surface area contributed by atoms with E-state index in [0.29, 0.717) is 81.0 Å². The van der Waals surface area contributed by atoms with Gasteiger partial charge < -0.3 is 35.6 Å². The Bertz CT molecular complexity index is 2310. The van der Waals surface area contributed by atoms with Crippen molar-refractivity contribution in [2.75, 3.05) is 69.7 Å². The molecule has 326 valence electrons. The average Bonchev–Trinajstić information content (AvgIpc) is 3.71. The number of carbonyl (C=O) groups excluding carboxylic acids is 4. The van der Waals surface area contributed by atoms with Gasteiger partial charge in [0.05, 0.1) is 48.3 Å². The Morgan fingerprint density at radius 1 is 1.02 bits per heavy atom. The number of amides is 4. The largest absolute Gasteiger partial charge is 0.496 e. The number of carbonyl (C=O) groups is 4. The highest BCUT2D eigenvalue weighted by Gasteiger charge is 2.38. The highest BCUT2D eigenvalue weighted by Crippen LogP contribution is 2.35. The Kier molecular flexibility index (Phi) is 14.8. The van der Waals surface area contributed by atoms with E-state index in [1.165, 1.54) is 31.5 Å². The van der Waals surface area contributed by atoms with E-state index in [1.54, 1.807) is 41.6 Å². The van der Waals surface area contributed by atoms with Gasteiger partial charge in [-0.3, -0.25) is 29.1 Å². The van der Waals surface area contributed by atoms with E-state index in [4.69, 9.17) is 4.74 Å². The fourth-order valence-electron chi connectivity index (χ4n) is 7.52. The van der Waals surface area contributed by atoms with Crippen LogP contribution in [0.5, 0.6) is 5.75 Å². The number of likely N-dealkylation sites (tertiary alicyclic amines) is 1. The molecule has 4 amide bonds. The van der Waals surface area contributed by atoms with Crippen LogP contribution in [0.25, 0.3) is 22.5 Å². The molecular weight excluding hydrogens is 796 g/mol. The smallest absolute Gasteiger partial charge is 0.274 e. The van der Waals surface area contributed by atoms with Gasteiger partial charge >= 0.3 is 0 Å². The van der Waals surface area contributed by atoms with Crippen molar-refractivity contribution in [3.63, 3.8) is 0 Å². The standard InChI is InChI=1S/C45H53FN10O6/c1-45(2,3)41(44(61)56-19-15-31(57)27-56)53-38(58)10-5-6-16-49-39(59)28-54-20-22-55(23-21-54)36-24-29(32-26-48-17-13-30(32)25-47)11-12-34(36)52-43(60)35-14-18-50-42(51-35)40-33(46)8-7-9-37(40)62-4/h7-9,11-14,17-18,24,26,31,41,57H,5-6,10,15-16,19-23,27-28H2,1-4H3,(H,49,59)(H,52,60)(H,53,58)/t31-,41-/m1/s1. The van der Waals surface area contributed by atoms with Gasteiger partial charge in [-0.1, -0.05) is 32.9 Å². The molecule has 2 aromatic carbocycles. The summed E-state index contributed by atoms with van der Waals surface area (Å²) in [7, 11) is 1.41. The second-order valence-corrected chi connectivity index (χ2v) is 16.5. The third-order valence-corrected chi connectivity index (χ3v) is 10.9. The second-order valence-electron chi connectivity index (χ2n) is 16.5. The fourth-order valence-corrected chi connectivity index (χ4v) is 7.52. The molecule has 4 aromatic rings. The van der Waals surface area contributed by atoms with Gasteiger partial charge in [0.1, 0.15) is 23.3 Å². The monoisotopic (exact) mass is 848 g/mol. The molecule has 6 rings (SSSR count). The maximum Gasteiger partial charge on any atom is 0.274 e. The molecule has 0 bridgehead atoms. The molecule has 2 aliphatic heterocycles. The summed E-state index contributed by atoms with van der Waals surface area (Å²) in [6.45, 7) is 9.16. The summed E-state index contributed by atoms with van der Waals surface area (Å²) in [5, 5.41) is 28.5. The highest BCUT2D eigenvalue weighted by molar-refractivity contribution is 6.05. The summed E-state index contributed by atoms with van der Waals surface area (Å²) in [6.07, 6.45) is 5.87. The minimum Gasteiger partial charge on any atom is -0.496 e. The number of nitriles is 1. The first-order chi connectivity index (χ1) is 29.7. The Morgan fingerprint density at radius 2 is 1.81 bits per heavy atom. The van der Waals surface area contributed by atoms with Crippen molar-refractivity contribution in [3.8, 4) is 34.3 Å². The Hall–Kier alpha value is -6.51. The van der Waals surface area contributed by atoms with Gasteiger partial charge in [0.2, 0.25) is 17.7 Å². The van der Waals surface area contributed by atoms with Crippen LogP contribution in [0.15, 0.2) is 67.1 Å². The molecule has 0 unspecified atom stereocenters. The minimum absolute atomic E-state index is 0.00801. The van der Waals surface area contributed by atoms with E-state index < -0.39 is 29.3 Å². The zero-order chi connectivity index (χ0) is 44.4. The van der Waals surface area contributed by atoms with Crippen molar-refractivity contribution in [1.82, 2.24) is 35.4 Å². The van der Waals surface area contributed by atoms with Crippen LogP contribution in [0.3, 0.4) is 0 Å². The van der Waals surface area contributed by atoms with E-state index in [9.17, 15) is 33.9 Å². The van der Waals surface area contributed by atoms with Crippen molar-refractivity contribution in [3.05, 3.63) is 84.2 Å². The fraction of sp³-hybridized carbons (Fsp3) is 0.422. The van der Waals surface area contributed by atoms with Crippen LogP contribution < -0.4 is 25.6 Å². The predicted molar refractivity (Wildman–Crippen MR) is 230 cm³/mol. The maximum atomic E-state index is 14.9. The van der Waals surface area contributed by atoms with Gasteiger partial charge in [0.15, 0.2) is 5.82 Å². The number of nitrogens with one attached hydrogen (secondary N) is 3. The molecule has 2 fully saturated rings. The second kappa shape index (κ2) is 20.4. The number of anilines is 2. The lowest BCUT2D eigenvalue weighted by Gasteiger charge is -2.36. The molecule has 0 spiro atoms. The van der Waals surface area contributed by atoms with Crippen molar-refractivity contribution < 1.29 is 33.4 Å². The first-order valence-corrected chi connectivity index (χ1v) is 20.7. The number of aliphatic hydroxyl groups is 1. The van der Waals surface area contributed by atoms with Gasteiger partial charge in [-0.05, 0) is 66.6 Å². The number of ether oxygens (including phenoxy) is 1. The first kappa shape index (κ1) is 45.0. The van der Waals surface area contributed by atoms with E-state index in [-0.39, 0.29) is 60.1 Å². The summed E-state index contributed by atoms with van der Waals surface area (Å²) in [5.41, 5.74) is 2.51. The first-order valence-electron chi connectivity index (χ1n) is 20.7. The number of aromatic nitrogens is 3. The number of unbranched alkanes of at least 4 members (excludes halogenated alkanes) is 1. The number of nitrogens with zero attached hydrogens (tertiary/aromatic N) is 7. The third-order valence-electron chi connectivity index (χ3n) is 10.9. The van der Waals surface area contributed by atoms with Crippen molar-refractivity contribution in [2.45, 2.75) is 58.6 Å². The SMILES string of the molecule is COc1cccc(F)c1-c1nccc(C(=O)Nc2ccc(-c3cnccc3C#N)cc2N2CCN(CC(=O)NCCCCC(=O)N[C@H](C(=O)N3CC[C@@H](O)C3)C(C)(C)C)CC2)n1. The van der Waals surface area contributed by atoms with Crippen LogP contribution in [0, 0.1) is 22.6 Å². The molecule has 2 saturated heterocycles.